The number of hydrogen-bond donors (Lipinski definition) is 2. The highest BCUT2D eigenvalue weighted by atomic mass is 16.5. The van der Waals surface area contributed by atoms with Crippen molar-refractivity contribution >= 4 is 29.8 Å². The Balaban J connectivity index is 1.76. The van der Waals surface area contributed by atoms with E-state index >= 15 is 0 Å². The number of anilines is 1. The minimum atomic E-state index is -0.397. The first kappa shape index (κ1) is 26.0. The first-order valence-electron chi connectivity index (χ1n) is 10.9. The molecule has 0 aromatic heterocycles. The van der Waals surface area contributed by atoms with E-state index in [9.17, 15) is 9.90 Å². The first-order chi connectivity index (χ1) is 17.4. The quantitative estimate of drug-likeness (QED) is 0.227. The second-order valence-corrected chi connectivity index (χ2v) is 7.51. The topological polar surface area (TPSA) is 95.5 Å². The van der Waals surface area contributed by atoms with Crippen LogP contribution in [0.15, 0.2) is 54.6 Å². The number of amides is 1. The molecule has 0 bridgehead atoms. The van der Waals surface area contributed by atoms with E-state index in [2.05, 4.69) is 5.32 Å². The number of hydrogen-bond acceptors (Lipinski definition) is 7. The Bertz CT molecular complexity index is 1260. The zero-order chi connectivity index (χ0) is 26.1. The summed E-state index contributed by atoms with van der Waals surface area (Å²) in [6.45, 7) is 0. The number of aromatic hydroxyl groups is 1. The van der Waals surface area contributed by atoms with E-state index in [0.717, 1.165) is 16.7 Å². The van der Waals surface area contributed by atoms with E-state index in [4.69, 9.17) is 23.7 Å². The molecule has 0 heterocycles. The zero-order valence-electron chi connectivity index (χ0n) is 20.8. The third-order valence-electron chi connectivity index (χ3n) is 5.27. The van der Waals surface area contributed by atoms with Crippen LogP contribution in [0.4, 0.5) is 5.69 Å². The molecule has 0 spiro atoms. The van der Waals surface area contributed by atoms with Crippen molar-refractivity contribution < 1.29 is 33.6 Å². The van der Waals surface area contributed by atoms with Gasteiger partial charge in [-0.2, -0.15) is 0 Å². The summed E-state index contributed by atoms with van der Waals surface area (Å²) >= 11 is 0. The monoisotopic (exact) mass is 491 g/mol. The van der Waals surface area contributed by atoms with Gasteiger partial charge in [-0.3, -0.25) is 4.79 Å². The SMILES string of the molecule is COc1ccc(/C=C/C(=O)Nc2cc(C=Cc3cc(OC)c(OC)c(OC)c3)ccc2O)cc1OC. The molecular weight excluding hydrogens is 462 g/mol. The number of methoxy groups -OCH3 is 5. The van der Waals surface area contributed by atoms with E-state index in [-0.39, 0.29) is 11.4 Å². The van der Waals surface area contributed by atoms with Gasteiger partial charge >= 0.3 is 0 Å². The number of nitrogens with one attached hydrogen (secondary N) is 1. The number of ether oxygens (including phenoxy) is 5. The van der Waals surface area contributed by atoms with Gasteiger partial charge in [0.2, 0.25) is 11.7 Å². The van der Waals surface area contributed by atoms with Gasteiger partial charge in [-0.15, -0.1) is 0 Å². The van der Waals surface area contributed by atoms with Crippen LogP contribution < -0.4 is 29.0 Å². The Hall–Kier alpha value is -4.59. The Morgan fingerprint density at radius 3 is 1.83 bits per heavy atom. The lowest BCUT2D eigenvalue weighted by Crippen LogP contribution is -2.08. The number of rotatable bonds is 10. The molecule has 36 heavy (non-hydrogen) atoms. The summed E-state index contributed by atoms with van der Waals surface area (Å²) in [4.78, 5) is 12.5. The smallest absolute Gasteiger partial charge is 0.248 e. The molecule has 0 aliphatic heterocycles. The van der Waals surface area contributed by atoms with E-state index in [1.807, 2.05) is 24.3 Å². The Morgan fingerprint density at radius 1 is 0.667 bits per heavy atom. The predicted octanol–water partition coefficient (Wildman–Crippen LogP) is 5.26. The van der Waals surface area contributed by atoms with E-state index < -0.39 is 5.91 Å². The van der Waals surface area contributed by atoms with Crippen molar-refractivity contribution in [3.8, 4) is 34.5 Å². The number of carbonyl (C=O) groups excluding carboxylic acids is 1. The van der Waals surface area contributed by atoms with Gasteiger partial charge in [0.05, 0.1) is 41.2 Å². The third kappa shape index (κ3) is 6.29. The molecule has 0 aliphatic rings. The molecule has 0 radical (unpaired) electrons. The Labute approximate surface area is 210 Å². The highest BCUT2D eigenvalue weighted by Crippen LogP contribution is 2.38. The minimum absolute atomic E-state index is 0.0483. The maximum Gasteiger partial charge on any atom is 0.248 e. The molecule has 188 valence electrons. The van der Waals surface area contributed by atoms with Crippen LogP contribution >= 0.6 is 0 Å². The molecule has 3 aromatic carbocycles. The summed E-state index contributed by atoms with van der Waals surface area (Å²) in [7, 11) is 7.76. The van der Waals surface area contributed by atoms with Gasteiger partial charge in [0.25, 0.3) is 0 Å². The zero-order valence-corrected chi connectivity index (χ0v) is 20.8. The lowest BCUT2D eigenvalue weighted by Gasteiger charge is -2.12. The highest BCUT2D eigenvalue weighted by molar-refractivity contribution is 6.03. The van der Waals surface area contributed by atoms with E-state index in [1.54, 1.807) is 72.0 Å². The molecular formula is C28H29NO7. The van der Waals surface area contributed by atoms with E-state index in [0.29, 0.717) is 28.7 Å². The van der Waals surface area contributed by atoms with Crippen LogP contribution in [-0.4, -0.2) is 46.6 Å². The van der Waals surface area contributed by atoms with Crippen LogP contribution in [0.25, 0.3) is 18.2 Å². The first-order valence-corrected chi connectivity index (χ1v) is 10.9. The van der Waals surface area contributed by atoms with Crippen LogP contribution in [0.1, 0.15) is 16.7 Å². The van der Waals surface area contributed by atoms with Gasteiger partial charge < -0.3 is 34.1 Å². The second-order valence-electron chi connectivity index (χ2n) is 7.51. The van der Waals surface area contributed by atoms with Crippen molar-refractivity contribution in [1.29, 1.82) is 0 Å². The standard InChI is InChI=1S/C28H29NO7/c1-32-23-12-9-19(15-24(23)33-2)10-13-27(31)29-21-14-18(8-11-22(21)30)6-7-20-16-25(34-3)28(36-5)26(17-20)35-4/h6-17,30H,1-5H3,(H,29,31)/b7-6?,13-10+. The number of phenols is 1. The molecule has 8 nitrogen and oxygen atoms in total. The predicted molar refractivity (Wildman–Crippen MR) is 140 cm³/mol. The number of benzene rings is 3. The number of carbonyl (C=O) groups is 1. The van der Waals surface area contributed by atoms with Crippen LogP contribution in [0.2, 0.25) is 0 Å². The fourth-order valence-corrected chi connectivity index (χ4v) is 3.45. The second kappa shape index (κ2) is 12.2. The van der Waals surface area contributed by atoms with Crippen molar-refractivity contribution in [2.75, 3.05) is 40.9 Å². The largest absolute Gasteiger partial charge is 0.506 e. The molecule has 0 atom stereocenters. The molecule has 0 saturated heterocycles. The molecule has 0 fully saturated rings. The Kier molecular flexibility index (Phi) is 8.83. The molecule has 8 heteroatoms. The van der Waals surface area contributed by atoms with Crippen LogP contribution in [0.5, 0.6) is 34.5 Å². The fraction of sp³-hybridized carbons (Fsp3) is 0.179. The summed E-state index contributed by atoms with van der Waals surface area (Å²) in [6, 6.07) is 13.9. The van der Waals surface area contributed by atoms with Crippen molar-refractivity contribution in [2.45, 2.75) is 0 Å². The molecule has 0 unspecified atom stereocenters. The normalized spacial score (nSPS) is 10.9. The average molecular weight is 492 g/mol. The van der Waals surface area contributed by atoms with Gasteiger partial charge in [-0.1, -0.05) is 24.3 Å². The molecule has 0 aliphatic carbocycles. The maximum atomic E-state index is 12.5. The summed E-state index contributed by atoms with van der Waals surface area (Å²) in [5, 5.41) is 12.9. The van der Waals surface area contributed by atoms with Crippen molar-refractivity contribution in [3.05, 3.63) is 71.3 Å². The molecule has 3 rings (SSSR count). The van der Waals surface area contributed by atoms with Crippen LogP contribution in [0.3, 0.4) is 0 Å². The molecule has 0 saturated carbocycles. The Morgan fingerprint density at radius 2 is 1.22 bits per heavy atom. The lowest BCUT2D eigenvalue weighted by atomic mass is 10.1. The van der Waals surface area contributed by atoms with Crippen LogP contribution in [0, 0.1) is 0 Å². The van der Waals surface area contributed by atoms with Gasteiger partial charge in [0.15, 0.2) is 23.0 Å². The summed E-state index contributed by atoms with van der Waals surface area (Å²) in [5.74, 6) is 2.30. The van der Waals surface area contributed by atoms with Crippen molar-refractivity contribution in [2.24, 2.45) is 0 Å². The van der Waals surface area contributed by atoms with Gasteiger partial charge in [0.1, 0.15) is 5.75 Å². The van der Waals surface area contributed by atoms with Crippen molar-refractivity contribution in [3.63, 3.8) is 0 Å². The molecule has 2 N–H and O–H groups in total. The van der Waals surface area contributed by atoms with Crippen molar-refractivity contribution in [1.82, 2.24) is 0 Å². The molecule has 1 amide bonds. The third-order valence-corrected chi connectivity index (χ3v) is 5.27. The van der Waals surface area contributed by atoms with E-state index in [1.165, 1.54) is 12.1 Å². The molecule has 3 aromatic rings. The van der Waals surface area contributed by atoms with Crippen LogP contribution in [-0.2, 0) is 4.79 Å². The number of phenolic OH excluding ortho intramolecular Hbond substituents is 1. The summed E-state index contributed by atoms with van der Waals surface area (Å²) < 4.78 is 26.6. The van der Waals surface area contributed by atoms with Gasteiger partial charge in [-0.25, -0.2) is 0 Å². The average Bonchev–Trinajstić information content (AvgIpc) is 2.91. The lowest BCUT2D eigenvalue weighted by molar-refractivity contribution is -0.111. The summed E-state index contributed by atoms with van der Waals surface area (Å²) in [5.41, 5.74) is 2.62. The van der Waals surface area contributed by atoms with Gasteiger partial charge in [0, 0.05) is 6.08 Å². The summed E-state index contributed by atoms with van der Waals surface area (Å²) in [6.07, 6.45) is 6.72. The highest BCUT2D eigenvalue weighted by Gasteiger charge is 2.12. The minimum Gasteiger partial charge on any atom is -0.506 e. The van der Waals surface area contributed by atoms with Gasteiger partial charge in [-0.05, 0) is 59.2 Å². The fourth-order valence-electron chi connectivity index (χ4n) is 3.45. The maximum absolute atomic E-state index is 12.5.